The van der Waals surface area contributed by atoms with Gasteiger partial charge in [0.15, 0.2) is 0 Å². The summed E-state index contributed by atoms with van der Waals surface area (Å²) in [6.07, 6.45) is 12.4. The van der Waals surface area contributed by atoms with Gasteiger partial charge in [0.1, 0.15) is 0 Å². The number of hydrogen-bond acceptors (Lipinski definition) is 2. The largest absolute Gasteiger partial charge is 0.399 e. The first-order valence-corrected chi connectivity index (χ1v) is 11.3. The number of nitrogens with two attached hydrogens (primary N) is 2. The Labute approximate surface area is 170 Å². The minimum Gasteiger partial charge on any atom is -0.399 e. The van der Waals surface area contributed by atoms with Crippen molar-refractivity contribution in [3.05, 3.63) is 59.7 Å². The van der Waals surface area contributed by atoms with Gasteiger partial charge in [-0.1, -0.05) is 56.9 Å². The van der Waals surface area contributed by atoms with E-state index < -0.39 is 0 Å². The summed E-state index contributed by atoms with van der Waals surface area (Å²) in [5, 5.41) is 0. The monoisotopic (exact) mass is 376 g/mol. The molecule has 4 N–H and O–H groups in total. The smallest absolute Gasteiger partial charge is 0.0314 e. The van der Waals surface area contributed by atoms with E-state index in [-0.39, 0.29) is 5.41 Å². The van der Waals surface area contributed by atoms with Crippen molar-refractivity contribution in [1.29, 1.82) is 0 Å². The van der Waals surface area contributed by atoms with Crippen LogP contribution in [-0.2, 0) is 5.41 Å². The van der Waals surface area contributed by atoms with Gasteiger partial charge in [0.2, 0.25) is 0 Å². The zero-order chi connectivity index (χ0) is 19.6. The Balaban J connectivity index is 1.51. The molecule has 0 bridgehead atoms. The van der Waals surface area contributed by atoms with E-state index in [1.54, 1.807) is 0 Å². The van der Waals surface area contributed by atoms with Gasteiger partial charge in [0.25, 0.3) is 0 Å². The van der Waals surface area contributed by atoms with Gasteiger partial charge in [-0.25, -0.2) is 0 Å². The first kappa shape index (κ1) is 19.4. The summed E-state index contributed by atoms with van der Waals surface area (Å²) in [6, 6.07) is 17.2. The molecular weight excluding hydrogens is 340 g/mol. The molecule has 0 radical (unpaired) electrons. The van der Waals surface area contributed by atoms with E-state index in [1.165, 1.54) is 68.9 Å². The van der Waals surface area contributed by atoms with Crippen LogP contribution in [0.25, 0.3) is 0 Å². The number of rotatable bonds is 4. The summed E-state index contributed by atoms with van der Waals surface area (Å²) in [4.78, 5) is 0. The molecule has 0 aromatic heterocycles. The van der Waals surface area contributed by atoms with Crippen molar-refractivity contribution in [2.45, 2.75) is 70.1 Å². The molecule has 2 saturated carbocycles. The summed E-state index contributed by atoms with van der Waals surface area (Å²) in [6.45, 7) is 2.42. The molecule has 2 nitrogen and oxygen atoms in total. The summed E-state index contributed by atoms with van der Waals surface area (Å²) >= 11 is 0. The van der Waals surface area contributed by atoms with Gasteiger partial charge < -0.3 is 11.5 Å². The van der Waals surface area contributed by atoms with E-state index in [2.05, 4.69) is 55.5 Å². The predicted molar refractivity (Wildman–Crippen MR) is 120 cm³/mol. The Bertz CT molecular complexity index is 699. The highest BCUT2D eigenvalue weighted by Crippen LogP contribution is 2.48. The van der Waals surface area contributed by atoms with E-state index >= 15 is 0 Å². The maximum atomic E-state index is 5.98. The van der Waals surface area contributed by atoms with Crippen LogP contribution < -0.4 is 11.5 Å². The molecule has 2 aromatic rings. The number of benzene rings is 2. The van der Waals surface area contributed by atoms with Crippen molar-refractivity contribution in [2.24, 2.45) is 17.8 Å². The molecule has 2 aliphatic rings. The molecule has 0 saturated heterocycles. The quantitative estimate of drug-likeness (QED) is 0.595. The Kier molecular flexibility index (Phi) is 5.66. The maximum absolute atomic E-state index is 5.98. The molecule has 0 spiro atoms. The summed E-state index contributed by atoms with van der Waals surface area (Å²) in [7, 11) is 0. The van der Waals surface area contributed by atoms with E-state index in [9.17, 15) is 0 Å². The van der Waals surface area contributed by atoms with Crippen LogP contribution in [-0.4, -0.2) is 0 Å². The Hall–Kier alpha value is -1.96. The molecule has 0 atom stereocenters. The van der Waals surface area contributed by atoms with Crippen molar-refractivity contribution in [3.8, 4) is 0 Å². The molecule has 0 heterocycles. The topological polar surface area (TPSA) is 52.0 Å². The van der Waals surface area contributed by atoms with Crippen LogP contribution in [0.2, 0.25) is 0 Å². The second-order valence-corrected chi connectivity index (χ2v) is 9.63. The van der Waals surface area contributed by atoms with E-state index in [4.69, 9.17) is 11.5 Å². The standard InChI is InChI=1S/C26H36N2/c1-19-2-4-20(5-3-19)18-21-14-16-26(17-15-21,22-6-10-24(27)11-7-22)23-8-12-25(28)13-9-23/h6-13,19-21H,2-5,14-18,27-28H2,1H3. The average Bonchev–Trinajstić information content (AvgIpc) is 2.72. The normalized spacial score (nSPS) is 25.5. The van der Waals surface area contributed by atoms with Crippen LogP contribution in [0.3, 0.4) is 0 Å². The fourth-order valence-electron chi connectivity index (χ4n) is 5.79. The second kappa shape index (κ2) is 8.19. The number of anilines is 2. The molecule has 2 fully saturated rings. The average molecular weight is 377 g/mol. The van der Waals surface area contributed by atoms with E-state index in [0.717, 1.165) is 29.1 Å². The minimum atomic E-state index is 0.110. The first-order valence-electron chi connectivity index (χ1n) is 11.3. The zero-order valence-electron chi connectivity index (χ0n) is 17.4. The van der Waals surface area contributed by atoms with E-state index in [0.29, 0.717) is 0 Å². The molecule has 0 amide bonds. The van der Waals surface area contributed by atoms with Crippen molar-refractivity contribution in [2.75, 3.05) is 11.5 Å². The third-order valence-electron chi connectivity index (χ3n) is 7.69. The number of hydrogen-bond donors (Lipinski definition) is 2. The van der Waals surface area contributed by atoms with Crippen molar-refractivity contribution in [3.63, 3.8) is 0 Å². The molecule has 0 unspecified atom stereocenters. The molecule has 4 rings (SSSR count). The highest BCUT2D eigenvalue weighted by molar-refractivity contribution is 5.49. The van der Waals surface area contributed by atoms with Gasteiger partial charge in [0, 0.05) is 16.8 Å². The van der Waals surface area contributed by atoms with Crippen molar-refractivity contribution >= 4 is 11.4 Å². The predicted octanol–water partition coefficient (Wildman–Crippen LogP) is 6.54. The lowest BCUT2D eigenvalue weighted by Crippen LogP contribution is -2.34. The fourth-order valence-corrected chi connectivity index (χ4v) is 5.79. The van der Waals surface area contributed by atoms with Crippen LogP contribution in [0.1, 0.15) is 75.8 Å². The van der Waals surface area contributed by atoms with Crippen molar-refractivity contribution in [1.82, 2.24) is 0 Å². The Morgan fingerprint density at radius 1 is 0.679 bits per heavy atom. The third-order valence-corrected chi connectivity index (χ3v) is 7.69. The first-order chi connectivity index (χ1) is 13.5. The Morgan fingerprint density at radius 3 is 1.57 bits per heavy atom. The minimum absolute atomic E-state index is 0.110. The van der Waals surface area contributed by atoms with Crippen LogP contribution in [0, 0.1) is 17.8 Å². The van der Waals surface area contributed by atoms with Gasteiger partial charge in [-0.2, -0.15) is 0 Å². The molecular formula is C26H36N2. The van der Waals surface area contributed by atoms with Gasteiger partial charge >= 0.3 is 0 Å². The summed E-state index contributed by atoms with van der Waals surface area (Å²) < 4.78 is 0. The van der Waals surface area contributed by atoms with E-state index in [1.807, 2.05) is 0 Å². The second-order valence-electron chi connectivity index (χ2n) is 9.63. The zero-order valence-corrected chi connectivity index (χ0v) is 17.4. The third kappa shape index (κ3) is 4.06. The SMILES string of the molecule is CC1CCC(CC2CCC(c3ccc(N)cc3)(c3ccc(N)cc3)CC2)CC1. The summed E-state index contributed by atoms with van der Waals surface area (Å²) in [5.74, 6) is 2.82. The maximum Gasteiger partial charge on any atom is 0.0314 e. The lowest BCUT2D eigenvalue weighted by atomic mass is 9.62. The molecule has 0 aliphatic heterocycles. The Morgan fingerprint density at radius 2 is 1.11 bits per heavy atom. The van der Waals surface area contributed by atoms with Gasteiger partial charge in [0.05, 0.1) is 0 Å². The lowest BCUT2D eigenvalue weighted by Gasteiger charge is -2.42. The molecule has 150 valence electrons. The van der Waals surface area contributed by atoms with Gasteiger partial charge in [-0.3, -0.25) is 0 Å². The van der Waals surface area contributed by atoms with Crippen molar-refractivity contribution < 1.29 is 0 Å². The van der Waals surface area contributed by atoms with Crippen LogP contribution in [0.5, 0.6) is 0 Å². The van der Waals surface area contributed by atoms with Crippen LogP contribution >= 0.6 is 0 Å². The van der Waals surface area contributed by atoms with Crippen LogP contribution in [0.4, 0.5) is 11.4 Å². The highest BCUT2D eigenvalue weighted by atomic mass is 14.5. The molecule has 2 heteroatoms. The van der Waals surface area contributed by atoms with Crippen LogP contribution in [0.15, 0.2) is 48.5 Å². The molecule has 2 aromatic carbocycles. The van der Waals surface area contributed by atoms with Gasteiger partial charge in [-0.05, 0) is 85.3 Å². The highest BCUT2D eigenvalue weighted by Gasteiger charge is 2.39. The fraction of sp³-hybridized carbons (Fsp3) is 0.538. The summed E-state index contributed by atoms with van der Waals surface area (Å²) in [5.41, 5.74) is 16.6. The molecule has 28 heavy (non-hydrogen) atoms. The van der Waals surface area contributed by atoms with Gasteiger partial charge in [-0.15, -0.1) is 0 Å². The lowest BCUT2D eigenvalue weighted by molar-refractivity contribution is 0.192. The number of nitrogen functional groups attached to an aromatic ring is 2. The molecule has 2 aliphatic carbocycles.